The Kier molecular flexibility index (Phi) is 2.01. The van der Waals surface area contributed by atoms with E-state index in [1.807, 2.05) is 0 Å². The van der Waals surface area contributed by atoms with Crippen LogP contribution in [0.5, 0.6) is 5.19 Å². The molecule has 0 saturated heterocycles. The van der Waals surface area contributed by atoms with Crippen molar-refractivity contribution >= 4 is 11.3 Å². The Morgan fingerprint density at radius 3 is 2.71 bits per heavy atom. The third-order valence-electron chi connectivity index (χ3n) is 2.58. The Bertz CT molecular complexity index is 355. The summed E-state index contributed by atoms with van der Waals surface area (Å²) in [6.07, 6.45) is 1.25. The fourth-order valence-electron chi connectivity index (χ4n) is 1.50. The van der Waals surface area contributed by atoms with Crippen LogP contribution in [0.15, 0.2) is 6.20 Å². The van der Waals surface area contributed by atoms with Gasteiger partial charge in [0.1, 0.15) is 0 Å². The predicted octanol–water partition coefficient (Wildman–Crippen LogP) is 1.39. The van der Waals surface area contributed by atoms with Gasteiger partial charge in [-0.15, -0.1) is 0 Å². The van der Waals surface area contributed by atoms with E-state index < -0.39 is 11.3 Å². The fourth-order valence-corrected chi connectivity index (χ4v) is 2.48. The third-order valence-corrected chi connectivity index (χ3v) is 3.74. The van der Waals surface area contributed by atoms with Gasteiger partial charge in [-0.3, -0.25) is 0 Å². The first-order chi connectivity index (χ1) is 6.55. The van der Waals surface area contributed by atoms with Crippen molar-refractivity contribution in [1.82, 2.24) is 4.98 Å². The summed E-state index contributed by atoms with van der Waals surface area (Å²) < 4.78 is 31.1. The lowest BCUT2D eigenvalue weighted by molar-refractivity contribution is 0.0904. The van der Waals surface area contributed by atoms with Gasteiger partial charge in [0.25, 0.3) is 11.1 Å². The van der Waals surface area contributed by atoms with Gasteiger partial charge in [-0.05, 0) is 0 Å². The number of methoxy groups -OCH3 is 1. The molecule has 1 heterocycles. The second-order valence-corrected chi connectivity index (χ2v) is 4.36. The molecule has 0 aromatic carbocycles. The number of ether oxygens (including phenoxy) is 1. The van der Waals surface area contributed by atoms with Crippen molar-refractivity contribution in [3.8, 4) is 5.19 Å². The maximum absolute atomic E-state index is 13.1. The van der Waals surface area contributed by atoms with E-state index in [2.05, 4.69) is 4.98 Å². The number of hydrogen-bond acceptors (Lipinski definition) is 4. The molecular weight excluding hydrogens is 210 g/mol. The minimum Gasteiger partial charge on any atom is -0.473 e. The van der Waals surface area contributed by atoms with Crippen LogP contribution in [0.4, 0.5) is 8.78 Å². The van der Waals surface area contributed by atoms with Crippen LogP contribution in [-0.2, 0) is 5.41 Å². The predicted molar refractivity (Wildman–Crippen MR) is 49.0 cm³/mol. The van der Waals surface area contributed by atoms with Crippen LogP contribution < -0.4 is 10.5 Å². The highest BCUT2D eigenvalue weighted by Crippen LogP contribution is 2.62. The van der Waals surface area contributed by atoms with E-state index in [-0.39, 0.29) is 13.0 Å². The van der Waals surface area contributed by atoms with Crippen molar-refractivity contribution in [3.05, 3.63) is 11.1 Å². The molecule has 0 spiro atoms. The molecular formula is C8H10F2N2OS. The lowest BCUT2D eigenvalue weighted by Gasteiger charge is -2.09. The second-order valence-electron chi connectivity index (χ2n) is 3.36. The number of halogens is 2. The highest BCUT2D eigenvalue weighted by atomic mass is 32.1. The largest absolute Gasteiger partial charge is 0.473 e. The number of nitrogens with zero attached hydrogens (tertiary/aromatic N) is 1. The number of thiazole rings is 1. The summed E-state index contributed by atoms with van der Waals surface area (Å²) in [5.41, 5.74) is 4.21. The third kappa shape index (κ3) is 1.14. The average molecular weight is 220 g/mol. The Morgan fingerprint density at radius 2 is 2.36 bits per heavy atom. The van der Waals surface area contributed by atoms with E-state index in [4.69, 9.17) is 10.5 Å². The maximum Gasteiger partial charge on any atom is 0.273 e. The molecule has 14 heavy (non-hydrogen) atoms. The van der Waals surface area contributed by atoms with Gasteiger partial charge >= 0.3 is 0 Å². The first-order valence-electron chi connectivity index (χ1n) is 4.14. The van der Waals surface area contributed by atoms with E-state index >= 15 is 0 Å². The van der Waals surface area contributed by atoms with Gasteiger partial charge in [0, 0.05) is 24.0 Å². The number of aromatic nitrogens is 1. The molecule has 1 aliphatic carbocycles. The molecule has 0 amide bonds. The smallest absolute Gasteiger partial charge is 0.273 e. The zero-order valence-corrected chi connectivity index (χ0v) is 8.41. The van der Waals surface area contributed by atoms with Crippen LogP contribution in [0.25, 0.3) is 0 Å². The zero-order valence-electron chi connectivity index (χ0n) is 7.59. The molecule has 78 valence electrons. The quantitative estimate of drug-likeness (QED) is 0.837. The summed E-state index contributed by atoms with van der Waals surface area (Å²) in [4.78, 5) is 4.38. The van der Waals surface area contributed by atoms with Crippen LogP contribution in [0, 0.1) is 0 Å². The molecule has 0 aliphatic heterocycles. The topological polar surface area (TPSA) is 48.1 Å². The minimum atomic E-state index is -2.68. The summed E-state index contributed by atoms with van der Waals surface area (Å²) in [6, 6.07) is 0. The van der Waals surface area contributed by atoms with Gasteiger partial charge in [0.05, 0.1) is 12.5 Å². The second kappa shape index (κ2) is 2.87. The molecule has 0 bridgehead atoms. The summed E-state index contributed by atoms with van der Waals surface area (Å²) in [5, 5.41) is 0.399. The van der Waals surface area contributed by atoms with Crippen LogP contribution in [0.1, 0.15) is 11.3 Å². The Labute approximate surface area is 83.9 Å². The molecule has 1 unspecified atom stereocenters. The molecule has 2 rings (SSSR count). The first kappa shape index (κ1) is 9.79. The molecule has 1 saturated carbocycles. The fraction of sp³-hybridized carbons (Fsp3) is 0.625. The van der Waals surface area contributed by atoms with Gasteiger partial charge < -0.3 is 10.5 Å². The van der Waals surface area contributed by atoms with Crippen LogP contribution >= 0.6 is 11.3 Å². The van der Waals surface area contributed by atoms with Gasteiger partial charge in [0.2, 0.25) is 0 Å². The minimum absolute atomic E-state index is 0.0503. The van der Waals surface area contributed by atoms with E-state index in [1.54, 1.807) is 0 Å². The molecule has 2 N–H and O–H groups in total. The van der Waals surface area contributed by atoms with Crippen LogP contribution in [0.2, 0.25) is 0 Å². The van der Waals surface area contributed by atoms with Crippen molar-refractivity contribution in [2.24, 2.45) is 5.73 Å². The van der Waals surface area contributed by atoms with Crippen molar-refractivity contribution in [2.75, 3.05) is 13.7 Å². The number of nitrogens with two attached hydrogens (primary N) is 1. The number of hydrogen-bond donors (Lipinski definition) is 1. The van der Waals surface area contributed by atoms with E-state index in [0.717, 1.165) is 11.3 Å². The van der Waals surface area contributed by atoms with Crippen LogP contribution in [0.3, 0.4) is 0 Å². The van der Waals surface area contributed by atoms with Crippen molar-refractivity contribution in [3.63, 3.8) is 0 Å². The Morgan fingerprint density at radius 1 is 1.71 bits per heavy atom. The summed E-state index contributed by atoms with van der Waals surface area (Å²) in [7, 11) is 1.46. The monoisotopic (exact) mass is 220 g/mol. The highest BCUT2D eigenvalue weighted by molar-refractivity contribution is 7.13. The van der Waals surface area contributed by atoms with Crippen molar-refractivity contribution in [2.45, 2.75) is 17.8 Å². The molecule has 1 aromatic heterocycles. The molecule has 1 fully saturated rings. The van der Waals surface area contributed by atoms with E-state index in [0.29, 0.717) is 10.1 Å². The Hall–Kier alpha value is -0.750. The highest BCUT2D eigenvalue weighted by Gasteiger charge is 2.72. The molecule has 1 aromatic rings. The summed E-state index contributed by atoms with van der Waals surface area (Å²) in [6.45, 7) is -0.0503. The number of rotatable bonds is 3. The zero-order chi connectivity index (χ0) is 10.4. The maximum atomic E-state index is 13.1. The standard InChI is InChI=1S/C8H10F2N2OS/c1-13-6-12-2-5(14-6)7(4-11)3-8(7,9)10/h2H,3-4,11H2,1H3. The van der Waals surface area contributed by atoms with Crippen molar-refractivity contribution in [1.29, 1.82) is 0 Å². The average Bonchev–Trinajstić information content (AvgIpc) is 2.57. The van der Waals surface area contributed by atoms with E-state index in [9.17, 15) is 8.78 Å². The van der Waals surface area contributed by atoms with Crippen molar-refractivity contribution < 1.29 is 13.5 Å². The normalized spacial score (nSPS) is 28.9. The van der Waals surface area contributed by atoms with Gasteiger partial charge in [0.15, 0.2) is 0 Å². The summed E-state index contributed by atoms with van der Waals surface area (Å²) >= 11 is 1.14. The Balaban J connectivity index is 2.31. The lowest BCUT2D eigenvalue weighted by Crippen LogP contribution is -2.25. The molecule has 3 nitrogen and oxygen atoms in total. The van der Waals surface area contributed by atoms with Gasteiger partial charge in [-0.25, -0.2) is 13.8 Å². The molecule has 1 atom stereocenters. The molecule has 1 aliphatic rings. The lowest BCUT2D eigenvalue weighted by atomic mass is 10.1. The van der Waals surface area contributed by atoms with Crippen LogP contribution in [-0.4, -0.2) is 24.6 Å². The van der Waals surface area contributed by atoms with Gasteiger partial charge in [-0.2, -0.15) is 0 Å². The number of alkyl halides is 2. The molecule has 6 heteroatoms. The first-order valence-corrected chi connectivity index (χ1v) is 4.95. The SMILES string of the molecule is COc1ncc(C2(CN)CC2(F)F)s1. The molecule has 0 radical (unpaired) electrons. The van der Waals surface area contributed by atoms with Gasteiger partial charge in [-0.1, -0.05) is 11.3 Å². The van der Waals surface area contributed by atoms with E-state index in [1.165, 1.54) is 13.3 Å². The summed E-state index contributed by atoms with van der Waals surface area (Å²) in [5.74, 6) is -2.68.